The zero-order valence-electron chi connectivity index (χ0n) is 29.0. The summed E-state index contributed by atoms with van der Waals surface area (Å²) in [7, 11) is 0. The Morgan fingerprint density at radius 3 is 2.38 bits per heavy atom. The Morgan fingerprint density at radius 1 is 0.906 bits per heavy atom. The molecule has 2 aliphatic carbocycles. The van der Waals surface area contributed by atoms with Gasteiger partial charge in [0.1, 0.15) is 0 Å². The Kier molecular flexibility index (Phi) is 8.12. The van der Waals surface area contributed by atoms with Crippen molar-refractivity contribution < 1.29 is 33.9 Å². The third-order valence-corrected chi connectivity index (χ3v) is 11.3. The zero-order chi connectivity index (χ0) is 37.2. The molecule has 0 aromatic heterocycles. The molecule has 1 saturated carbocycles. The quantitative estimate of drug-likeness (QED) is 0.0939. The first-order valence-corrected chi connectivity index (χ1v) is 17.6. The lowest BCUT2D eigenvalue weighted by Crippen LogP contribution is -2.53. The predicted octanol–water partition coefficient (Wildman–Crippen LogP) is 6.20. The maximum Gasteiger partial charge on any atom is 0.271 e. The molecule has 0 bridgehead atoms. The van der Waals surface area contributed by atoms with Crippen LogP contribution in [0.1, 0.15) is 42.4 Å². The number of aryl methyl sites for hydroxylation is 1. The number of phenolic OH excluding ortho intramolecular Hbond substituents is 1. The molecule has 4 aromatic rings. The first-order chi connectivity index (χ1) is 25.6. The molecule has 4 aromatic carbocycles. The number of phenols is 1. The van der Waals surface area contributed by atoms with E-state index >= 15 is 4.79 Å². The van der Waals surface area contributed by atoms with E-state index in [9.17, 15) is 29.6 Å². The Labute approximate surface area is 304 Å². The summed E-state index contributed by atoms with van der Waals surface area (Å²) in [5.74, 6) is -5.88. The Balaban J connectivity index is 1.31. The average Bonchev–Trinajstić information content (AvgIpc) is 3.54. The van der Waals surface area contributed by atoms with Crippen LogP contribution in [-0.2, 0) is 24.6 Å². The average molecular weight is 713 g/mol. The molecule has 2 saturated heterocycles. The van der Waals surface area contributed by atoms with Gasteiger partial charge in [0.25, 0.3) is 17.5 Å². The number of fused-ring (bicyclic) bond motifs is 4. The van der Waals surface area contributed by atoms with Crippen LogP contribution in [0.2, 0.25) is 0 Å². The van der Waals surface area contributed by atoms with E-state index in [0.717, 1.165) is 21.0 Å². The minimum Gasteiger partial charge on any atom is -0.504 e. The number of nitrogens with zero attached hydrogens (tertiary/aromatic N) is 3. The van der Waals surface area contributed by atoms with Gasteiger partial charge in [-0.3, -0.25) is 34.7 Å². The van der Waals surface area contributed by atoms with Crippen LogP contribution in [0.5, 0.6) is 11.5 Å². The van der Waals surface area contributed by atoms with Crippen LogP contribution in [0.4, 0.5) is 17.1 Å². The van der Waals surface area contributed by atoms with E-state index < -0.39 is 63.6 Å². The molecule has 12 nitrogen and oxygen atoms in total. The summed E-state index contributed by atoms with van der Waals surface area (Å²) in [6, 6.07) is 26.8. The molecule has 0 radical (unpaired) electrons. The Morgan fingerprint density at radius 2 is 1.66 bits per heavy atom. The number of carbonyl (C=O) groups is 4. The molecule has 53 heavy (non-hydrogen) atoms. The number of benzene rings is 4. The van der Waals surface area contributed by atoms with Crippen molar-refractivity contribution in [3.8, 4) is 11.5 Å². The van der Waals surface area contributed by atoms with Gasteiger partial charge in [-0.1, -0.05) is 71.8 Å². The third-order valence-electron chi connectivity index (χ3n) is 11.3. The molecule has 6 unspecified atom stereocenters. The minimum atomic E-state index is -1.49. The van der Waals surface area contributed by atoms with Crippen LogP contribution >= 0.6 is 0 Å². The second-order valence-electron chi connectivity index (χ2n) is 14.0. The van der Waals surface area contributed by atoms with Crippen molar-refractivity contribution >= 4 is 40.7 Å². The van der Waals surface area contributed by atoms with Crippen molar-refractivity contribution in [2.24, 2.45) is 23.7 Å². The Bertz CT molecular complexity index is 2220. The molecule has 8 rings (SSSR count). The molecule has 2 heterocycles. The van der Waals surface area contributed by atoms with Gasteiger partial charge in [0.05, 0.1) is 46.1 Å². The second-order valence-corrected chi connectivity index (χ2v) is 14.0. The van der Waals surface area contributed by atoms with Crippen LogP contribution < -0.4 is 15.1 Å². The van der Waals surface area contributed by atoms with E-state index in [1.54, 1.807) is 31.2 Å². The van der Waals surface area contributed by atoms with Crippen LogP contribution in [-0.4, -0.2) is 45.3 Å². The highest BCUT2D eigenvalue weighted by atomic mass is 16.6. The zero-order valence-corrected chi connectivity index (χ0v) is 29.0. The first-order valence-electron chi connectivity index (χ1n) is 17.6. The van der Waals surface area contributed by atoms with E-state index in [-0.39, 0.29) is 42.3 Å². The highest BCUT2D eigenvalue weighted by Crippen LogP contribution is 2.64. The molecule has 2 aliphatic heterocycles. The van der Waals surface area contributed by atoms with Crippen LogP contribution in [0.3, 0.4) is 0 Å². The summed E-state index contributed by atoms with van der Waals surface area (Å²) in [6.45, 7) is 3.99. The smallest absolute Gasteiger partial charge is 0.271 e. The van der Waals surface area contributed by atoms with Crippen LogP contribution in [0.15, 0.2) is 109 Å². The van der Waals surface area contributed by atoms with Gasteiger partial charge in [0.15, 0.2) is 11.5 Å². The number of hydrazine groups is 1. The van der Waals surface area contributed by atoms with Gasteiger partial charge in [-0.2, -0.15) is 5.01 Å². The van der Waals surface area contributed by atoms with Gasteiger partial charge in [-0.25, -0.2) is 4.90 Å². The molecule has 6 atom stereocenters. The fraction of sp³-hybridized carbons (Fsp3) is 0.268. The number of hydrogen-bond acceptors (Lipinski definition) is 9. The van der Waals surface area contributed by atoms with Gasteiger partial charge in [0, 0.05) is 18.1 Å². The molecule has 2 N–H and O–H groups in total. The maximum absolute atomic E-state index is 15.3. The standard InChI is InChI=1S/C41H36N4O8/c1-3-53-34-20-24(14-19-33(34)46)36-29-17-18-30-35(39(49)43(37(30)47)27-10-7-11-28(21-27)45(51)52)31(29)22-32-38(48)44(42-26-15-12-23(2)13-16-26)40(50)41(32,36)25-8-5-4-6-9-25/h4-17,19-21,30-32,35-36,42,46H,3,18,22H2,1-2H3. The van der Waals surface area contributed by atoms with Gasteiger partial charge in [-0.05, 0) is 74.1 Å². The number of hydrogen-bond donors (Lipinski definition) is 2. The number of nitro benzene ring substituents is 1. The molecule has 0 spiro atoms. The summed E-state index contributed by atoms with van der Waals surface area (Å²) < 4.78 is 5.80. The van der Waals surface area contributed by atoms with Crippen LogP contribution in [0, 0.1) is 40.7 Å². The summed E-state index contributed by atoms with van der Waals surface area (Å²) in [5, 5.41) is 23.5. The number of carbonyl (C=O) groups excluding carboxylic acids is 4. The van der Waals surface area contributed by atoms with Crippen molar-refractivity contribution in [3.63, 3.8) is 0 Å². The van der Waals surface area contributed by atoms with E-state index in [1.807, 2.05) is 55.5 Å². The highest BCUT2D eigenvalue weighted by molar-refractivity contribution is 6.22. The number of rotatable bonds is 8. The van der Waals surface area contributed by atoms with Gasteiger partial charge < -0.3 is 9.84 Å². The molecular formula is C41H36N4O8. The van der Waals surface area contributed by atoms with E-state index in [0.29, 0.717) is 16.8 Å². The molecule has 12 heteroatoms. The van der Waals surface area contributed by atoms with E-state index in [4.69, 9.17) is 4.74 Å². The SMILES string of the molecule is CCOc1cc(C2C3=CCC4C(=O)N(c5cccc([N+](=O)[O-])c5)C(=O)C4C3CC3C(=O)N(Nc4ccc(C)cc4)C(=O)C32c2ccccc2)ccc1O. The van der Waals surface area contributed by atoms with Gasteiger partial charge in [-0.15, -0.1) is 0 Å². The summed E-state index contributed by atoms with van der Waals surface area (Å²) in [4.78, 5) is 70.8. The normalized spacial score (nSPS) is 26.2. The van der Waals surface area contributed by atoms with Crippen molar-refractivity contribution in [1.82, 2.24) is 5.01 Å². The number of ether oxygens (including phenoxy) is 1. The second kappa shape index (κ2) is 12.7. The summed E-state index contributed by atoms with van der Waals surface area (Å²) in [5.41, 5.74) is 4.94. The maximum atomic E-state index is 15.3. The number of imide groups is 2. The topological polar surface area (TPSA) is 159 Å². The number of aromatic hydroxyl groups is 1. The van der Waals surface area contributed by atoms with Crippen LogP contribution in [0.25, 0.3) is 0 Å². The number of nitrogens with one attached hydrogen (secondary N) is 1. The highest BCUT2D eigenvalue weighted by Gasteiger charge is 2.70. The van der Waals surface area contributed by atoms with E-state index in [2.05, 4.69) is 5.43 Å². The predicted molar refractivity (Wildman–Crippen MR) is 194 cm³/mol. The van der Waals surface area contributed by atoms with Gasteiger partial charge in [0.2, 0.25) is 11.8 Å². The van der Waals surface area contributed by atoms with Crippen molar-refractivity contribution in [2.75, 3.05) is 16.9 Å². The number of allylic oxidation sites excluding steroid dienone is 2. The third kappa shape index (κ3) is 5.11. The molecule has 268 valence electrons. The molecule has 4 amide bonds. The fourth-order valence-corrected chi connectivity index (χ4v) is 9.10. The summed E-state index contributed by atoms with van der Waals surface area (Å²) >= 11 is 0. The monoisotopic (exact) mass is 712 g/mol. The van der Waals surface area contributed by atoms with Crippen molar-refractivity contribution in [1.29, 1.82) is 0 Å². The molecular weight excluding hydrogens is 676 g/mol. The number of anilines is 2. The van der Waals surface area contributed by atoms with E-state index in [1.165, 1.54) is 30.3 Å². The number of amides is 4. The fourth-order valence-electron chi connectivity index (χ4n) is 9.10. The number of non-ortho nitro benzene ring substituents is 1. The summed E-state index contributed by atoms with van der Waals surface area (Å²) in [6.07, 6.45) is 2.20. The number of nitro groups is 1. The molecule has 4 aliphatic rings. The molecule has 3 fully saturated rings. The Hall–Kier alpha value is -6.30. The van der Waals surface area contributed by atoms with Crippen molar-refractivity contribution in [2.45, 2.75) is 38.0 Å². The van der Waals surface area contributed by atoms with Gasteiger partial charge >= 0.3 is 0 Å². The lowest BCUT2D eigenvalue weighted by molar-refractivity contribution is -0.384. The minimum absolute atomic E-state index is 0.0905. The largest absolute Gasteiger partial charge is 0.504 e. The lowest BCUT2D eigenvalue weighted by Gasteiger charge is -2.50. The first kappa shape index (κ1) is 33.8. The lowest BCUT2D eigenvalue weighted by atomic mass is 9.49. The van der Waals surface area contributed by atoms with Crippen molar-refractivity contribution in [3.05, 3.63) is 136 Å².